The van der Waals surface area contributed by atoms with Gasteiger partial charge >= 0.3 is 0 Å². The summed E-state index contributed by atoms with van der Waals surface area (Å²) in [5.74, 6) is 0. The molecular weight excluding hydrogens is 192 g/mol. The van der Waals surface area contributed by atoms with Crippen LogP contribution in [0.3, 0.4) is 0 Å². The van der Waals surface area contributed by atoms with Crippen molar-refractivity contribution in [3.63, 3.8) is 0 Å². The van der Waals surface area contributed by atoms with Crippen LogP contribution in [0.5, 0.6) is 0 Å². The summed E-state index contributed by atoms with van der Waals surface area (Å²) >= 11 is 0. The van der Waals surface area contributed by atoms with Gasteiger partial charge in [0.15, 0.2) is 6.29 Å². The van der Waals surface area contributed by atoms with E-state index >= 15 is 0 Å². The summed E-state index contributed by atoms with van der Waals surface area (Å²) in [6.45, 7) is 5.22. The fraction of sp³-hybridized carbons (Fsp3) is 0.583. The van der Waals surface area contributed by atoms with Crippen LogP contribution in [0.1, 0.15) is 26.7 Å². The standard InChI is InChI=1S/C12H18O3/c1-10(4-3-5-11(2)9-13)8-12-14-6-7-15-12/h5,8-9,12H,3-4,6-7H2,1-2H3/b10-8+,11-5+. The van der Waals surface area contributed by atoms with Gasteiger partial charge in [-0.25, -0.2) is 0 Å². The Morgan fingerprint density at radius 2 is 2.00 bits per heavy atom. The Bertz CT molecular complexity index is 260. The predicted octanol–water partition coefficient (Wildman–Crippen LogP) is 2.23. The molecule has 1 aliphatic rings. The fourth-order valence-corrected chi connectivity index (χ4v) is 1.36. The molecule has 0 spiro atoms. The lowest BCUT2D eigenvalue weighted by Gasteiger charge is -2.05. The SMILES string of the molecule is C/C(C=O)=C\CC/C(C)=C/C1OCCO1. The largest absolute Gasteiger partial charge is 0.347 e. The highest BCUT2D eigenvalue weighted by molar-refractivity contribution is 5.71. The maximum atomic E-state index is 10.3. The number of rotatable bonds is 5. The molecule has 0 saturated carbocycles. The van der Waals surface area contributed by atoms with E-state index in [4.69, 9.17) is 9.47 Å². The minimum atomic E-state index is -0.166. The second-order valence-electron chi connectivity index (χ2n) is 3.73. The molecule has 84 valence electrons. The lowest BCUT2D eigenvalue weighted by Crippen LogP contribution is -2.03. The molecule has 0 aromatic rings. The molecule has 0 amide bonds. The van der Waals surface area contributed by atoms with Gasteiger partial charge in [-0.3, -0.25) is 4.79 Å². The monoisotopic (exact) mass is 210 g/mol. The maximum Gasteiger partial charge on any atom is 0.177 e. The van der Waals surface area contributed by atoms with Crippen LogP contribution in [0.4, 0.5) is 0 Å². The average molecular weight is 210 g/mol. The fourth-order valence-electron chi connectivity index (χ4n) is 1.36. The van der Waals surface area contributed by atoms with E-state index in [0.29, 0.717) is 13.2 Å². The topological polar surface area (TPSA) is 35.5 Å². The van der Waals surface area contributed by atoms with Crippen LogP contribution in [-0.2, 0) is 14.3 Å². The number of allylic oxidation sites excluding steroid dienone is 3. The van der Waals surface area contributed by atoms with Crippen LogP contribution in [0.25, 0.3) is 0 Å². The molecule has 0 N–H and O–H groups in total. The predicted molar refractivity (Wildman–Crippen MR) is 58.5 cm³/mol. The lowest BCUT2D eigenvalue weighted by molar-refractivity contribution is -0.104. The molecule has 1 rings (SSSR count). The summed E-state index contributed by atoms with van der Waals surface area (Å²) in [4.78, 5) is 10.3. The van der Waals surface area contributed by atoms with Crippen molar-refractivity contribution in [1.29, 1.82) is 0 Å². The Morgan fingerprint density at radius 1 is 1.33 bits per heavy atom. The zero-order chi connectivity index (χ0) is 11.1. The Morgan fingerprint density at radius 3 is 2.60 bits per heavy atom. The number of ether oxygens (including phenoxy) is 2. The first-order chi connectivity index (χ1) is 7.22. The second-order valence-corrected chi connectivity index (χ2v) is 3.73. The second kappa shape index (κ2) is 6.53. The van der Waals surface area contributed by atoms with Crippen molar-refractivity contribution in [2.45, 2.75) is 33.0 Å². The van der Waals surface area contributed by atoms with Crippen molar-refractivity contribution in [2.75, 3.05) is 13.2 Å². The van der Waals surface area contributed by atoms with Crippen molar-refractivity contribution in [1.82, 2.24) is 0 Å². The Hall–Kier alpha value is -0.930. The Kier molecular flexibility index (Phi) is 5.29. The smallest absolute Gasteiger partial charge is 0.177 e. The van der Waals surface area contributed by atoms with E-state index < -0.39 is 0 Å². The highest BCUT2D eigenvalue weighted by Gasteiger charge is 2.12. The summed E-state index contributed by atoms with van der Waals surface area (Å²) in [6.07, 6.45) is 6.48. The van der Waals surface area contributed by atoms with Crippen LogP contribution < -0.4 is 0 Å². The van der Waals surface area contributed by atoms with Crippen molar-refractivity contribution in [3.8, 4) is 0 Å². The van der Waals surface area contributed by atoms with Gasteiger partial charge in [-0.2, -0.15) is 0 Å². The minimum absolute atomic E-state index is 0.166. The van der Waals surface area contributed by atoms with E-state index in [1.807, 2.05) is 19.1 Å². The highest BCUT2D eigenvalue weighted by atomic mass is 16.7. The number of carbonyl (C=O) groups is 1. The third-order valence-electron chi connectivity index (χ3n) is 2.26. The quantitative estimate of drug-likeness (QED) is 0.396. The molecule has 0 radical (unpaired) electrons. The maximum absolute atomic E-state index is 10.3. The van der Waals surface area contributed by atoms with Gasteiger partial charge in [0.25, 0.3) is 0 Å². The summed E-state index contributed by atoms with van der Waals surface area (Å²) < 4.78 is 10.6. The molecule has 1 heterocycles. The number of carbonyl (C=O) groups excluding carboxylic acids is 1. The van der Waals surface area contributed by atoms with Gasteiger partial charge < -0.3 is 9.47 Å². The molecule has 0 unspecified atom stereocenters. The van der Waals surface area contributed by atoms with Gasteiger partial charge in [-0.1, -0.05) is 11.6 Å². The third kappa shape index (κ3) is 4.91. The van der Waals surface area contributed by atoms with E-state index in [2.05, 4.69) is 6.92 Å². The highest BCUT2D eigenvalue weighted by Crippen LogP contribution is 2.12. The van der Waals surface area contributed by atoms with Crippen LogP contribution in [0.15, 0.2) is 23.3 Å². The van der Waals surface area contributed by atoms with Crippen LogP contribution in [0, 0.1) is 0 Å². The molecular formula is C12H18O3. The molecule has 0 aromatic heterocycles. The molecule has 1 aliphatic heterocycles. The molecule has 3 nitrogen and oxygen atoms in total. The Labute approximate surface area is 90.8 Å². The van der Waals surface area contributed by atoms with Crippen molar-refractivity contribution in [2.24, 2.45) is 0 Å². The molecule has 0 atom stereocenters. The van der Waals surface area contributed by atoms with E-state index in [9.17, 15) is 4.79 Å². The van der Waals surface area contributed by atoms with Gasteiger partial charge in [0, 0.05) is 0 Å². The molecule has 0 aromatic carbocycles. The lowest BCUT2D eigenvalue weighted by atomic mass is 10.1. The summed E-state index contributed by atoms with van der Waals surface area (Å²) in [6, 6.07) is 0. The van der Waals surface area contributed by atoms with E-state index in [1.54, 1.807) is 0 Å². The zero-order valence-electron chi connectivity index (χ0n) is 9.36. The van der Waals surface area contributed by atoms with E-state index in [0.717, 1.165) is 24.7 Å². The number of hydrogen-bond acceptors (Lipinski definition) is 3. The third-order valence-corrected chi connectivity index (χ3v) is 2.26. The first-order valence-corrected chi connectivity index (χ1v) is 5.25. The normalized spacial score (nSPS) is 19.6. The van der Waals surface area contributed by atoms with Gasteiger partial charge in [-0.05, 0) is 38.3 Å². The average Bonchev–Trinajstić information content (AvgIpc) is 2.70. The van der Waals surface area contributed by atoms with Crippen molar-refractivity contribution < 1.29 is 14.3 Å². The van der Waals surface area contributed by atoms with Gasteiger partial charge in [0.05, 0.1) is 13.2 Å². The molecule has 0 aliphatic carbocycles. The summed E-state index contributed by atoms with van der Waals surface area (Å²) in [5.41, 5.74) is 2.02. The van der Waals surface area contributed by atoms with Gasteiger partial charge in [-0.15, -0.1) is 0 Å². The van der Waals surface area contributed by atoms with Crippen LogP contribution >= 0.6 is 0 Å². The summed E-state index contributed by atoms with van der Waals surface area (Å²) in [5, 5.41) is 0. The van der Waals surface area contributed by atoms with Crippen LogP contribution in [-0.4, -0.2) is 25.8 Å². The first kappa shape index (κ1) is 12.1. The van der Waals surface area contributed by atoms with E-state index in [1.165, 1.54) is 5.57 Å². The number of hydrogen-bond donors (Lipinski definition) is 0. The van der Waals surface area contributed by atoms with Gasteiger partial charge in [0.1, 0.15) is 6.29 Å². The summed E-state index contributed by atoms with van der Waals surface area (Å²) in [7, 11) is 0. The molecule has 1 saturated heterocycles. The zero-order valence-corrected chi connectivity index (χ0v) is 9.36. The van der Waals surface area contributed by atoms with Gasteiger partial charge in [0.2, 0.25) is 0 Å². The Balaban J connectivity index is 2.28. The van der Waals surface area contributed by atoms with Crippen LogP contribution in [0.2, 0.25) is 0 Å². The van der Waals surface area contributed by atoms with E-state index in [-0.39, 0.29) is 6.29 Å². The number of aldehydes is 1. The first-order valence-electron chi connectivity index (χ1n) is 5.25. The molecule has 15 heavy (non-hydrogen) atoms. The molecule has 0 bridgehead atoms. The van der Waals surface area contributed by atoms with Crippen molar-refractivity contribution >= 4 is 6.29 Å². The molecule has 1 fully saturated rings. The minimum Gasteiger partial charge on any atom is -0.347 e. The molecule has 3 heteroatoms. The van der Waals surface area contributed by atoms with Crippen molar-refractivity contribution in [3.05, 3.63) is 23.3 Å².